The minimum Gasteiger partial charge on any atom is -0.339 e. The van der Waals surface area contributed by atoms with Crippen LogP contribution in [0.3, 0.4) is 0 Å². The summed E-state index contributed by atoms with van der Waals surface area (Å²) in [5, 5.41) is 2.29. The molecule has 72 valence electrons. The molecule has 0 amide bonds. The molecule has 0 radical (unpaired) electrons. The summed E-state index contributed by atoms with van der Waals surface area (Å²) < 4.78 is 29.7. The number of nitrogens with one attached hydrogen (secondary N) is 1. The summed E-state index contributed by atoms with van der Waals surface area (Å²) in [6, 6.07) is 4.47. The Morgan fingerprint density at radius 3 is 2.50 bits per heavy atom. The van der Waals surface area contributed by atoms with Crippen LogP contribution in [0.15, 0.2) is 33.6 Å². The Morgan fingerprint density at radius 2 is 1.93 bits per heavy atom. The van der Waals surface area contributed by atoms with Crippen LogP contribution in [0.2, 0.25) is 0 Å². The molecular formula is C9H5F2NO2. The molecular weight excluding hydrogens is 192 g/mol. The van der Waals surface area contributed by atoms with Crippen molar-refractivity contribution in [3.05, 3.63) is 46.3 Å². The van der Waals surface area contributed by atoms with Gasteiger partial charge in [0.25, 0.3) is 0 Å². The number of hydrogen-bond acceptors (Lipinski definition) is 2. The number of H-pyrrole nitrogens is 1. The van der Waals surface area contributed by atoms with E-state index >= 15 is 0 Å². The third-order valence-electron chi connectivity index (χ3n) is 1.75. The third-order valence-corrected chi connectivity index (χ3v) is 1.75. The Balaban J connectivity index is 2.52. The van der Waals surface area contributed by atoms with E-state index in [9.17, 15) is 13.6 Å². The van der Waals surface area contributed by atoms with Crippen molar-refractivity contribution in [2.75, 3.05) is 0 Å². The van der Waals surface area contributed by atoms with Crippen molar-refractivity contribution in [3.63, 3.8) is 0 Å². The van der Waals surface area contributed by atoms with Gasteiger partial charge in [-0.05, 0) is 18.2 Å². The largest absolute Gasteiger partial charge is 0.357 e. The molecule has 0 aliphatic rings. The van der Waals surface area contributed by atoms with Crippen LogP contribution >= 0.6 is 0 Å². The molecule has 1 heterocycles. The number of rotatable bonds is 1. The molecule has 1 N–H and O–H groups in total. The summed E-state index contributed by atoms with van der Waals surface area (Å²) in [4.78, 5) is 10.6. The van der Waals surface area contributed by atoms with Gasteiger partial charge >= 0.3 is 5.63 Å². The van der Waals surface area contributed by atoms with Crippen molar-refractivity contribution in [1.29, 1.82) is 0 Å². The fraction of sp³-hybridized carbons (Fsp3) is 0. The molecule has 0 saturated heterocycles. The van der Waals surface area contributed by atoms with Crippen LogP contribution in [0.4, 0.5) is 8.78 Å². The highest BCUT2D eigenvalue weighted by Crippen LogP contribution is 2.17. The Labute approximate surface area is 76.9 Å². The summed E-state index contributed by atoms with van der Waals surface area (Å²) >= 11 is 0. The molecule has 0 atom stereocenters. The van der Waals surface area contributed by atoms with E-state index in [-0.39, 0.29) is 0 Å². The molecule has 0 unspecified atom stereocenters. The number of halogens is 2. The van der Waals surface area contributed by atoms with E-state index in [0.717, 1.165) is 18.2 Å². The zero-order chi connectivity index (χ0) is 10.1. The highest BCUT2D eigenvalue weighted by atomic mass is 19.2. The molecule has 2 aromatic rings. The topological polar surface area (TPSA) is 46.0 Å². The molecule has 14 heavy (non-hydrogen) atoms. The zero-order valence-electron chi connectivity index (χ0n) is 6.88. The summed E-state index contributed by atoms with van der Waals surface area (Å²) in [6.07, 6.45) is 0. The average Bonchev–Trinajstić information content (AvgIpc) is 2.57. The van der Waals surface area contributed by atoms with Crippen molar-refractivity contribution >= 4 is 0 Å². The van der Waals surface area contributed by atoms with Gasteiger partial charge in [0, 0.05) is 5.56 Å². The Bertz CT molecular complexity index is 516. The van der Waals surface area contributed by atoms with Gasteiger partial charge in [0.15, 0.2) is 11.6 Å². The SMILES string of the molecule is O=c1cc(-c2ccc(F)c(F)c2)[nH]o1. The fourth-order valence-electron chi connectivity index (χ4n) is 1.09. The van der Waals surface area contributed by atoms with Crippen LogP contribution in [0, 0.1) is 11.6 Å². The summed E-state index contributed by atoms with van der Waals surface area (Å²) in [5.41, 5.74) is 0.105. The maximum atomic E-state index is 12.8. The van der Waals surface area contributed by atoms with E-state index in [1.165, 1.54) is 6.07 Å². The van der Waals surface area contributed by atoms with Gasteiger partial charge in [-0.2, -0.15) is 0 Å². The second kappa shape index (κ2) is 3.10. The van der Waals surface area contributed by atoms with E-state index in [0.29, 0.717) is 11.3 Å². The van der Waals surface area contributed by atoms with E-state index in [2.05, 4.69) is 9.68 Å². The summed E-state index contributed by atoms with van der Waals surface area (Å²) in [7, 11) is 0. The van der Waals surface area contributed by atoms with Crippen molar-refractivity contribution in [2.45, 2.75) is 0 Å². The van der Waals surface area contributed by atoms with Gasteiger partial charge in [-0.15, -0.1) is 0 Å². The van der Waals surface area contributed by atoms with Gasteiger partial charge < -0.3 is 4.52 Å². The van der Waals surface area contributed by atoms with Crippen LogP contribution < -0.4 is 5.63 Å². The lowest BCUT2D eigenvalue weighted by Gasteiger charge is -1.96. The number of aromatic nitrogens is 1. The van der Waals surface area contributed by atoms with Gasteiger partial charge in [0.2, 0.25) is 0 Å². The molecule has 1 aromatic heterocycles. The zero-order valence-corrected chi connectivity index (χ0v) is 6.88. The van der Waals surface area contributed by atoms with E-state index in [1.807, 2.05) is 0 Å². The molecule has 0 bridgehead atoms. The van der Waals surface area contributed by atoms with Crippen LogP contribution in [0.25, 0.3) is 11.3 Å². The first-order valence-electron chi connectivity index (χ1n) is 3.81. The molecule has 1 aromatic carbocycles. The maximum Gasteiger partial charge on any atom is 0.357 e. The van der Waals surface area contributed by atoms with Gasteiger partial charge in [-0.25, -0.2) is 18.7 Å². The van der Waals surface area contributed by atoms with Gasteiger partial charge in [0.1, 0.15) is 0 Å². The van der Waals surface area contributed by atoms with Gasteiger partial charge in [-0.1, -0.05) is 0 Å². The Hall–Kier alpha value is -1.91. The first kappa shape index (κ1) is 8.68. The third kappa shape index (κ3) is 1.44. The lowest BCUT2D eigenvalue weighted by Crippen LogP contribution is -1.87. The Kier molecular flexibility index (Phi) is 1.92. The molecule has 0 saturated carbocycles. The lowest BCUT2D eigenvalue weighted by atomic mass is 10.1. The maximum absolute atomic E-state index is 12.8. The van der Waals surface area contributed by atoms with Crippen molar-refractivity contribution in [1.82, 2.24) is 5.16 Å². The monoisotopic (exact) mass is 197 g/mol. The van der Waals surface area contributed by atoms with Crippen LogP contribution in [-0.2, 0) is 0 Å². The van der Waals surface area contributed by atoms with Crippen molar-refractivity contribution in [3.8, 4) is 11.3 Å². The summed E-state index contributed by atoms with van der Waals surface area (Å²) in [5.74, 6) is -1.90. The molecule has 2 rings (SSSR count). The van der Waals surface area contributed by atoms with Crippen LogP contribution in [0.5, 0.6) is 0 Å². The molecule has 0 aliphatic heterocycles. The highest BCUT2D eigenvalue weighted by molar-refractivity contribution is 5.57. The Morgan fingerprint density at radius 1 is 1.14 bits per heavy atom. The molecule has 5 heteroatoms. The predicted molar refractivity (Wildman–Crippen MR) is 44.7 cm³/mol. The molecule has 0 fully saturated rings. The van der Waals surface area contributed by atoms with E-state index in [4.69, 9.17) is 0 Å². The average molecular weight is 197 g/mol. The van der Waals surface area contributed by atoms with Crippen molar-refractivity contribution in [2.24, 2.45) is 0 Å². The molecule has 0 aliphatic carbocycles. The molecule has 0 spiro atoms. The predicted octanol–water partition coefficient (Wildman–Crippen LogP) is 1.91. The van der Waals surface area contributed by atoms with Crippen LogP contribution in [-0.4, -0.2) is 5.16 Å². The van der Waals surface area contributed by atoms with Gasteiger partial charge in [0.05, 0.1) is 11.8 Å². The standard InChI is InChI=1S/C9H5F2NO2/c10-6-2-1-5(3-7(6)11)8-4-9(13)14-12-8/h1-4,12H. The van der Waals surface area contributed by atoms with Crippen molar-refractivity contribution < 1.29 is 13.3 Å². The quantitative estimate of drug-likeness (QED) is 0.758. The normalized spacial score (nSPS) is 10.4. The molecule has 3 nitrogen and oxygen atoms in total. The van der Waals surface area contributed by atoms with E-state index < -0.39 is 17.3 Å². The fourth-order valence-corrected chi connectivity index (χ4v) is 1.09. The number of hydrogen-bond donors (Lipinski definition) is 1. The second-order valence-corrected chi connectivity index (χ2v) is 2.71. The first-order chi connectivity index (χ1) is 6.66. The second-order valence-electron chi connectivity index (χ2n) is 2.71. The van der Waals surface area contributed by atoms with Crippen LogP contribution in [0.1, 0.15) is 0 Å². The summed E-state index contributed by atoms with van der Waals surface area (Å²) in [6.45, 7) is 0. The van der Waals surface area contributed by atoms with E-state index in [1.54, 1.807) is 0 Å². The lowest BCUT2D eigenvalue weighted by molar-refractivity contribution is 0.393. The first-order valence-corrected chi connectivity index (χ1v) is 3.81. The number of benzene rings is 1. The highest BCUT2D eigenvalue weighted by Gasteiger charge is 2.06. The number of aromatic amines is 1. The van der Waals surface area contributed by atoms with Gasteiger partial charge in [-0.3, -0.25) is 0 Å². The minimum atomic E-state index is -0.968. The smallest absolute Gasteiger partial charge is 0.339 e. The minimum absolute atomic E-state index is 0.314.